The minimum absolute atomic E-state index is 0.0481. The second kappa shape index (κ2) is 10.9. The number of carbonyl (C=O) groups is 1. The fraction of sp³-hybridized carbons (Fsp3) is 0.179. The van der Waals surface area contributed by atoms with Crippen LogP contribution < -0.4 is 9.64 Å². The minimum atomic E-state index is -0.257. The average molecular weight is 533 g/mol. The summed E-state index contributed by atoms with van der Waals surface area (Å²) in [6.07, 6.45) is 4.82. The van der Waals surface area contributed by atoms with Crippen molar-refractivity contribution in [1.29, 1.82) is 0 Å². The van der Waals surface area contributed by atoms with E-state index >= 15 is 0 Å². The number of pyridine rings is 1. The molecule has 0 radical (unpaired) electrons. The SMILES string of the molecule is COc1ccc(-c2c(/C=C/C(=O)N3CCN(c4ccccn4)CC3)noc2-c2cc(Cl)c(O)cc2O)cc1. The standard InChI is InChI=1S/C28H25ClN4O5/c1-37-19-7-5-18(6-8-19)27-22(31-38-28(27)20-16-21(29)24(35)17-23(20)34)9-10-26(36)33-14-12-32(13-15-33)25-4-2-3-11-30-25/h2-11,16-17,34-35H,12-15H2,1H3/b10-9+. The predicted octanol–water partition coefficient (Wildman–Crippen LogP) is 4.84. The molecule has 0 atom stereocenters. The van der Waals surface area contributed by atoms with Gasteiger partial charge in [0, 0.05) is 44.5 Å². The van der Waals surface area contributed by atoms with Crippen molar-refractivity contribution < 1.29 is 24.3 Å². The van der Waals surface area contributed by atoms with Crippen LogP contribution >= 0.6 is 11.6 Å². The van der Waals surface area contributed by atoms with Gasteiger partial charge >= 0.3 is 0 Å². The van der Waals surface area contributed by atoms with Gasteiger partial charge in [-0.25, -0.2) is 4.98 Å². The summed E-state index contributed by atoms with van der Waals surface area (Å²) in [6.45, 7) is 2.50. The minimum Gasteiger partial charge on any atom is -0.507 e. The quantitative estimate of drug-likeness (QED) is 0.339. The van der Waals surface area contributed by atoms with Gasteiger partial charge in [-0.3, -0.25) is 4.79 Å². The summed E-state index contributed by atoms with van der Waals surface area (Å²) in [6, 6.07) is 15.5. The monoisotopic (exact) mass is 532 g/mol. The van der Waals surface area contributed by atoms with E-state index in [0.29, 0.717) is 43.2 Å². The highest BCUT2D eigenvalue weighted by atomic mass is 35.5. The number of benzene rings is 2. The van der Waals surface area contributed by atoms with Crippen molar-refractivity contribution >= 4 is 29.4 Å². The van der Waals surface area contributed by atoms with Crippen molar-refractivity contribution in [3.05, 3.63) is 77.6 Å². The summed E-state index contributed by atoms with van der Waals surface area (Å²) in [5.41, 5.74) is 1.92. The fourth-order valence-electron chi connectivity index (χ4n) is 4.32. The number of piperazine rings is 1. The molecule has 1 aliphatic rings. The van der Waals surface area contributed by atoms with Gasteiger partial charge in [-0.2, -0.15) is 0 Å². The Labute approximate surface area is 224 Å². The highest BCUT2D eigenvalue weighted by Crippen LogP contribution is 2.43. The van der Waals surface area contributed by atoms with Gasteiger partial charge in [0.15, 0.2) is 5.76 Å². The molecule has 2 aromatic heterocycles. The summed E-state index contributed by atoms with van der Waals surface area (Å²) in [7, 11) is 1.58. The van der Waals surface area contributed by atoms with Gasteiger partial charge in [0.05, 0.1) is 23.3 Å². The normalized spacial score (nSPS) is 13.7. The van der Waals surface area contributed by atoms with Crippen molar-refractivity contribution in [1.82, 2.24) is 15.0 Å². The number of rotatable bonds is 6. The van der Waals surface area contributed by atoms with E-state index in [9.17, 15) is 15.0 Å². The Morgan fingerprint density at radius 1 is 1.05 bits per heavy atom. The second-order valence-corrected chi connectivity index (χ2v) is 9.06. The molecule has 194 valence electrons. The molecule has 4 aromatic rings. The Balaban J connectivity index is 1.42. The van der Waals surface area contributed by atoms with Crippen LogP contribution in [0.2, 0.25) is 5.02 Å². The molecule has 0 spiro atoms. The van der Waals surface area contributed by atoms with Crippen LogP contribution in [-0.4, -0.2) is 64.4 Å². The molecule has 1 saturated heterocycles. The van der Waals surface area contributed by atoms with Crippen LogP contribution in [0.3, 0.4) is 0 Å². The number of aromatic hydroxyl groups is 2. The van der Waals surface area contributed by atoms with E-state index in [2.05, 4.69) is 15.0 Å². The molecule has 5 rings (SSSR count). The number of amides is 1. The highest BCUT2D eigenvalue weighted by Gasteiger charge is 2.24. The first-order valence-corrected chi connectivity index (χ1v) is 12.3. The number of methoxy groups -OCH3 is 1. The van der Waals surface area contributed by atoms with E-state index < -0.39 is 0 Å². The molecular formula is C28H25ClN4O5. The molecule has 2 aromatic carbocycles. The third-order valence-corrected chi connectivity index (χ3v) is 6.66. The van der Waals surface area contributed by atoms with E-state index in [1.807, 2.05) is 30.3 Å². The van der Waals surface area contributed by atoms with E-state index in [4.69, 9.17) is 20.9 Å². The molecule has 0 aliphatic carbocycles. The number of phenolic OH excluding ortho intramolecular Hbond substituents is 2. The molecule has 0 saturated carbocycles. The molecule has 1 amide bonds. The van der Waals surface area contributed by atoms with E-state index in [1.165, 1.54) is 12.1 Å². The number of halogens is 1. The number of nitrogens with zero attached hydrogens (tertiary/aromatic N) is 4. The van der Waals surface area contributed by atoms with Crippen LogP contribution in [0.25, 0.3) is 28.5 Å². The molecule has 9 nitrogen and oxygen atoms in total. The molecular weight excluding hydrogens is 508 g/mol. The Kier molecular flexibility index (Phi) is 7.19. The Morgan fingerprint density at radius 2 is 1.82 bits per heavy atom. The number of carbonyl (C=O) groups excluding carboxylic acids is 1. The molecule has 3 heterocycles. The molecule has 1 fully saturated rings. The van der Waals surface area contributed by atoms with Gasteiger partial charge in [0.1, 0.15) is 28.8 Å². The van der Waals surface area contributed by atoms with Crippen molar-refractivity contribution in [2.24, 2.45) is 0 Å². The first-order chi connectivity index (χ1) is 18.4. The van der Waals surface area contributed by atoms with Gasteiger partial charge < -0.3 is 29.3 Å². The topological polar surface area (TPSA) is 112 Å². The first kappa shape index (κ1) is 25.2. The number of ether oxygens (including phenoxy) is 1. The van der Waals surface area contributed by atoms with Crippen molar-refractivity contribution in [2.75, 3.05) is 38.2 Å². The van der Waals surface area contributed by atoms with E-state index in [1.54, 1.807) is 36.4 Å². The van der Waals surface area contributed by atoms with Crippen LogP contribution in [0.15, 0.2) is 71.4 Å². The maximum Gasteiger partial charge on any atom is 0.246 e. The predicted molar refractivity (Wildman–Crippen MR) is 144 cm³/mol. The molecule has 0 bridgehead atoms. The molecule has 10 heteroatoms. The zero-order valence-corrected chi connectivity index (χ0v) is 21.3. The Hall–Kier alpha value is -4.50. The molecule has 38 heavy (non-hydrogen) atoms. The van der Waals surface area contributed by atoms with Crippen molar-refractivity contribution in [3.63, 3.8) is 0 Å². The third-order valence-electron chi connectivity index (χ3n) is 6.36. The highest BCUT2D eigenvalue weighted by molar-refractivity contribution is 6.32. The first-order valence-electron chi connectivity index (χ1n) is 11.9. The van der Waals surface area contributed by atoms with Crippen LogP contribution in [-0.2, 0) is 4.79 Å². The summed E-state index contributed by atoms with van der Waals surface area (Å²) >= 11 is 6.11. The smallest absolute Gasteiger partial charge is 0.246 e. The summed E-state index contributed by atoms with van der Waals surface area (Å²) in [5.74, 6) is 1.17. The van der Waals surface area contributed by atoms with Gasteiger partial charge in [-0.15, -0.1) is 0 Å². The third kappa shape index (κ3) is 5.14. The lowest BCUT2D eigenvalue weighted by molar-refractivity contribution is -0.126. The van der Waals surface area contributed by atoms with Gasteiger partial charge in [0.25, 0.3) is 0 Å². The number of hydrogen-bond acceptors (Lipinski definition) is 8. The lowest BCUT2D eigenvalue weighted by atomic mass is 9.98. The van der Waals surface area contributed by atoms with Crippen LogP contribution in [0.4, 0.5) is 5.82 Å². The Bertz CT molecular complexity index is 1460. The van der Waals surface area contributed by atoms with E-state index in [-0.39, 0.29) is 33.8 Å². The Morgan fingerprint density at radius 3 is 2.50 bits per heavy atom. The summed E-state index contributed by atoms with van der Waals surface area (Å²) < 4.78 is 10.9. The van der Waals surface area contributed by atoms with Gasteiger partial charge in [0.2, 0.25) is 5.91 Å². The van der Waals surface area contributed by atoms with Crippen LogP contribution in [0.5, 0.6) is 17.2 Å². The van der Waals surface area contributed by atoms with Gasteiger partial charge in [-0.05, 0) is 42.0 Å². The maximum atomic E-state index is 13.0. The summed E-state index contributed by atoms with van der Waals surface area (Å²) in [5, 5.41) is 24.6. The maximum absolute atomic E-state index is 13.0. The number of aromatic nitrogens is 2. The molecule has 1 aliphatic heterocycles. The number of phenols is 2. The lowest BCUT2D eigenvalue weighted by Gasteiger charge is -2.34. The summed E-state index contributed by atoms with van der Waals surface area (Å²) in [4.78, 5) is 21.3. The van der Waals surface area contributed by atoms with Crippen LogP contribution in [0.1, 0.15) is 5.69 Å². The zero-order valence-electron chi connectivity index (χ0n) is 20.5. The number of hydrogen-bond donors (Lipinski definition) is 2. The second-order valence-electron chi connectivity index (χ2n) is 8.65. The van der Waals surface area contributed by atoms with Gasteiger partial charge in [-0.1, -0.05) is 35.0 Å². The van der Waals surface area contributed by atoms with Crippen molar-refractivity contribution in [2.45, 2.75) is 0 Å². The molecule has 0 unspecified atom stereocenters. The van der Waals surface area contributed by atoms with Crippen LogP contribution in [0, 0.1) is 0 Å². The van der Waals surface area contributed by atoms with Crippen molar-refractivity contribution in [3.8, 4) is 39.7 Å². The zero-order chi connectivity index (χ0) is 26.6. The fourth-order valence-corrected chi connectivity index (χ4v) is 4.49. The number of anilines is 1. The van der Waals surface area contributed by atoms with E-state index in [0.717, 1.165) is 17.4 Å². The molecule has 2 N–H and O–H groups in total. The average Bonchev–Trinajstić information content (AvgIpc) is 3.38. The largest absolute Gasteiger partial charge is 0.507 e. The lowest BCUT2D eigenvalue weighted by Crippen LogP contribution is -2.48.